The topological polar surface area (TPSA) is 23.8 Å². The van der Waals surface area contributed by atoms with Crippen molar-refractivity contribution >= 4 is 23.2 Å². The Balaban J connectivity index is 2.41. The van der Waals surface area contributed by atoms with E-state index in [9.17, 15) is 0 Å². The lowest BCUT2D eigenvalue weighted by molar-refractivity contribution is 0.695. The van der Waals surface area contributed by atoms with Crippen LogP contribution in [0.4, 0.5) is 0 Å². The second kappa shape index (κ2) is 3.81. The van der Waals surface area contributed by atoms with Gasteiger partial charge in [0.15, 0.2) is 0 Å². The zero-order chi connectivity index (χ0) is 10.1. The number of hydrogen-bond acceptors (Lipinski definition) is 1. The number of rotatable bonds is 1. The monoisotopic (exact) mass is 225 g/mol. The van der Waals surface area contributed by atoms with Gasteiger partial charge < -0.3 is 0 Å². The summed E-state index contributed by atoms with van der Waals surface area (Å²) in [6.45, 7) is 0. The van der Waals surface area contributed by atoms with Gasteiger partial charge in [0.25, 0.3) is 0 Å². The van der Waals surface area contributed by atoms with E-state index in [4.69, 9.17) is 28.5 Å². The van der Waals surface area contributed by atoms with Crippen LogP contribution in [0.3, 0.4) is 0 Å². The summed E-state index contributed by atoms with van der Waals surface area (Å²) in [6, 6.07) is 6.05. The summed E-state index contributed by atoms with van der Waals surface area (Å²) >= 11 is 11.9. The molecular weight excluding hydrogens is 217 g/mol. The molecule has 0 N–H and O–H groups in total. The summed E-state index contributed by atoms with van der Waals surface area (Å²) in [5.41, 5.74) is 2.46. The Hall–Kier alpha value is -0.710. The van der Waals surface area contributed by atoms with E-state index in [-0.39, 0.29) is 0 Å². The maximum atomic E-state index is 8.67. The molecule has 1 atom stereocenters. The van der Waals surface area contributed by atoms with Crippen molar-refractivity contribution in [2.45, 2.75) is 25.2 Å². The Morgan fingerprint density at radius 1 is 1.36 bits per heavy atom. The summed E-state index contributed by atoms with van der Waals surface area (Å²) in [6.07, 6.45) is 2.63. The number of halogens is 2. The maximum Gasteiger partial charge on any atom is 0.0628 e. The average Bonchev–Trinajstić information content (AvgIpc) is 2.51. The molecule has 0 radical (unpaired) electrons. The number of nitrogens with zero attached hydrogens (tertiary/aromatic N) is 1. The van der Waals surface area contributed by atoms with Gasteiger partial charge in [-0.05, 0) is 42.0 Å². The molecule has 72 valence electrons. The van der Waals surface area contributed by atoms with Crippen molar-refractivity contribution in [3.05, 3.63) is 33.3 Å². The Bertz CT molecular complexity index is 406. The summed E-state index contributed by atoms with van der Waals surface area (Å²) in [7, 11) is 0. The molecule has 3 heteroatoms. The van der Waals surface area contributed by atoms with Crippen LogP contribution in [-0.2, 0) is 6.42 Å². The van der Waals surface area contributed by atoms with Crippen LogP contribution in [0.5, 0.6) is 0 Å². The van der Waals surface area contributed by atoms with Gasteiger partial charge in [0.1, 0.15) is 0 Å². The fourth-order valence-corrected chi connectivity index (χ4v) is 2.37. The van der Waals surface area contributed by atoms with Gasteiger partial charge in [-0.3, -0.25) is 0 Å². The molecule has 1 aliphatic rings. The molecule has 0 bridgehead atoms. The van der Waals surface area contributed by atoms with E-state index in [1.165, 1.54) is 11.1 Å². The smallest absolute Gasteiger partial charge is 0.0628 e. The Morgan fingerprint density at radius 2 is 2.07 bits per heavy atom. The summed E-state index contributed by atoms with van der Waals surface area (Å²) in [4.78, 5) is 0. The first-order valence-corrected chi connectivity index (χ1v) is 5.32. The highest BCUT2D eigenvalue weighted by Crippen LogP contribution is 2.39. The van der Waals surface area contributed by atoms with E-state index in [1.54, 1.807) is 0 Å². The zero-order valence-corrected chi connectivity index (χ0v) is 9.07. The lowest BCUT2D eigenvalue weighted by Gasteiger charge is -2.07. The normalized spacial score (nSPS) is 19.1. The molecule has 1 aromatic carbocycles. The van der Waals surface area contributed by atoms with Crippen molar-refractivity contribution < 1.29 is 0 Å². The van der Waals surface area contributed by atoms with Crippen molar-refractivity contribution in [2.24, 2.45) is 0 Å². The van der Waals surface area contributed by atoms with Gasteiger partial charge in [0.2, 0.25) is 0 Å². The molecule has 0 aliphatic heterocycles. The minimum absolute atomic E-state index is 0.352. The van der Waals surface area contributed by atoms with E-state index in [1.807, 2.05) is 12.1 Å². The fraction of sp³-hybridized carbons (Fsp3) is 0.364. The third-order valence-electron chi connectivity index (χ3n) is 2.72. The average molecular weight is 226 g/mol. The number of nitriles is 1. The molecule has 0 fully saturated rings. The van der Waals surface area contributed by atoms with Crippen molar-refractivity contribution in [1.29, 1.82) is 5.26 Å². The predicted octanol–water partition coefficient (Wildman–Crippen LogP) is 3.94. The minimum Gasteiger partial charge on any atom is -0.198 e. The third kappa shape index (κ3) is 1.61. The number of benzene rings is 1. The van der Waals surface area contributed by atoms with Gasteiger partial charge in [-0.15, -0.1) is 0 Å². The second-order valence-electron chi connectivity index (χ2n) is 3.56. The molecule has 1 aliphatic carbocycles. The molecule has 2 rings (SSSR count). The molecule has 1 unspecified atom stereocenters. The molecule has 0 aromatic heterocycles. The van der Waals surface area contributed by atoms with E-state index < -0.39 is 0 Å². The number of fused-ring (bicyclic) bond motifs is 1. The van der Waals surface area contributed by atoms with E-state index >= 15 is 0 Å². The molecule has 0 spiro atoms. The Morgan fingerprint density at radius 3 is 2.79 bits per heavy atom. The van der Waals surface area contributed by atoms with Crippen LogP contribution < -0.4 is 0 Å². The first-order chi connectivity index (χ1) is 6.72. The molecule has 14 heavy (non-hydrogen) atoms. The quantitative estimate of drug-likeness (QED) is 0.711. The molecule has 0 saturated carbocycles. The summed E-state index contributed by atoms with van der Waals surface area (Å²) < 4.78 is 0. The highest BCUT2D eigenvalue weighted by molar-refractivity contribution is 6.42. The Labute approximate surface area is 93.2 Å². The molecule has 1 aromatic rings. The van der Waals surface area contributed by atoms with Crippen LogP contribution in [0.2, 0.25) is 10.0 Å². The maximum absolute atomic E-state index is 8.67. The first-order valence-electron chi connectivity index (χ1n) is 4.57. The van der Waals surface area contributed by atoms with E-state index in [0.29, 0.717) is 22.4 Å². The van der Waals surface area contributed by atoms with Gasteiger partial charge in [-0.2, -0.15) is 5.26 Å². The lowest BCUT2D eigenvalue weighted by Crippen LogP contribution is -1.91. The highest BCUT2D eigenvalue weighted by Gasteiger charge is 2.23. The van der Waals surface area contributed by atoms with Gasteiger partial charge in [0.05, 0.1) is 16.1 Å². The van der Waals surface area contributed by atoms with E-state index in [2.05, 4.69) is 6.07 Å². The fourth-order valence-electron chi connectivity index (χ4n) is 2.01. The Kier molecular flexibility index (Phi) is 2.67. The first kappa shape index (κ1) is 9.83. The highest BCUT2D eigenvalue weighted by atomic mass is 35.5. The van der Waals surface area contributed by atoms with Crippen LogP contribution in [-0.4, -0.2) is 0 Å². The largest absolute Gasteiger partial charge is 0.198 e. The van der Waals surface area contributed by atoms with Crippen molar-refractivity contribution in [1.82, 2.24) is 0 Å². The van der Waals surface area contributed by atoms with Crippen molar-refractivity contribution in [3.8, 4) is 6.07 Å². The van der Waals surface area contributed by atoms with Gasteiger partial charge in [0, 0.05) is 6.42 Å². The van der Waals surface area contributed by atoms with Gasteiger partial charge in [-0.1, -0.05) is 23.2 Å². The van der Waals surface area contributed by atoms with Crippen LogP contribution >= 0.6 is 23.2 Å². The number of hydrogen-bond donors (Lipinski definition) is 0. The van der Waals surface area contributed by atoms with Crippen LogP contribution in [0.1, 0.15) is 29.9 Å². The standard InChI is InChI=1S/C11H9Cl2N/c12-10-5-8-2-1-7(3-4-14)9(8)6-11(10)13/h5-7H,1-3H2. The number of aryl methyl sites for hydroxylation is 1. The van der Waals surface area contributed by atoms with Gasteiger partial charge in [-0.25, -0.2) is 0 Å². The van der Waals surface area contributed by atoms with E-state index in [0.717, 1.165) is 12.8 Å². The second-order valence-corrected chi connectivity index (χ2v) is 4.38. The molecule has 1 nitrogen and oxygen atoms in total. The van der Waals surface area contributed by atoms with Gasteiger partial charge >= 0.3 is 0 Å². The minimum atomic E-state index is 0.352. The molecule has 0 saturated heterocycles. The SMILES string of the molecule is N#CCC1CCc2cc(Cl)c(Cl)cc21. The summed E-state index contributed by atoms with van der Waals surface area (Å²) in [5, 5.41) is 9.87. The summed E-state index contributed by atoms with van der Waals surface area (Å²) in [5.74, 6) is 0.352. The zero-order valence-electron chi connectivity index (χ0n) is 7.56. The van der Waals surface area contributed by atoms with Crippen LogP contribution in [0.25, 0.3) is 0 Å². The predicted molar refractivity (Wildman–Crippen MR) is 57.8 cm³/mol. The molecule has 0 heterocycles. The molecule has 0 amide bonds. The lowest BCUT2D eigenvalue weighted by atomic mass is 9.99. The van der Waals surface area contributed by atoms with Crippen molar-refractivity contribution in [3.63, 3.8) is 0 Å². The molecular formula is C11H9Cl2N. The third-order valence-corrected chi connectivity index (χ3v) is 3.44. The van der Waals surface area contributed by atoms with Crippen LogP contribution in [0, 0.1) is 11.3 Å². The van der Waals surface area contributed by atoms with Crippen molar-refractivity contribution in [2.75, 3.05) is 0 Å². The van der Waals surface area contributed by atoms with Crippen LogP contribution in [0.15, 0.2) is 12.1 Å².